The summed E-state index contributed by atoms with van der Waals surface area (Å²) in [5.41, 5.74) is 3.25. The minimum atomic E-state index is -0.614. The number of aryl methyl sites for hydroxylation is 1. The molecule has 6 nitrogen and oxygen atoms in total. The Labute approximate surface area is 178 Å². The molecule has 2 amide bonds. The third kappa shape index (κ3) is 3.54. The van der Waals surface area contributed by atoms with Crippen molar-refractivity contribution in [2.24, 2.45) is 5.92 Å². The smallest absolute Gasteiger partial charge is 0.290 e. The molecule has 3 aromatic rings. The van der Waals surface area contributed by atoms with Crippen molar-refractivity contribution in [2.45, 2.75) is 45.2 Å². The molecule has 0 spiro atoms. The van der Waals surface area contributed by atoms with Crippen LogP contribution >= 0.6 is 11.3 Å². The fourth-order valence-corrected chi connectivity index (χ4v) is 5.47. The summed E-state index contributed by atoms with van der Waals surface area (Å²) in [4.78, 5) is 33.9. The summed E-state index contributed by atoms with van der Waals surface area (Å²) in [6, 6.07) is 10.6. The predicted octanol–water partition coefficient (Wildman–Crippen LogP) is 4.07. The first-order chi connectivity index (χ1) is 14.6. The number of hydrogen-bond donors (Lipinski definition) is 1. The lowest BCUT2D eigenvalue weighted by molar-refractivity contribution is -0.121. The fourth-order valence-electron chi connectivity index (χ4n) is 4.29. The molecule has 154 valence electrons. The lowest BCUT2D eigenvalue weighted by atomic mass is 9.93. The van der Waals surface area contributed by atoms with E-state index in [4.69, 9.17) is 4.42 Å². The molecule has 1 aliphatic heterocycles. The molecule has 0 radical (unpaired) electrons. The second-order valence-corrected chi connectivity index (χ2v) is 9.21. The summed E-state index contributed by atoms with van der Waals surface area (Å²) < 4.78 is 5.31. The third-order valence-corrected chi connectivity index (χ3v) is 7.00. The van der Waals surface area contributed by atoms with E-state index in [1.807, 2.05) is 24.3 Å². The number of nitrogens with one attached hydrogen (secondary N) is 1. The van der Waals surface area contributed by atoms with E-state index < -0.39 is 6.04 Å². The van der Waals surface area contributed by atoms with Crippen molar-refractivity contribution in [3.63, 3.8) is 0 Å². The molecule has 2 aromatic heterocycles. The van der Waals surface area contributed by atoms with Crippen molar-refractivity contribution in [3.8, 4) is 0 Å². The van der Waals surface area contributed by atoms with E-state index in [0.29, 0.717) is 24.0 Å². The number of carbonyl (C=O) groups excluding carboxylic acids is 2. The van der Waals surface area contributed by atoms with Gasteiger partial charge in [-0.05, 0) is 48.4 Å². The maximum absolute atomic E-state index is 13.3. The van der Waals surface area contributed by atoms with Gasteiger partial charge in [0.1, 0.15) is 6.04 Å². The number of hydrogen-bond acceptors (Lipinski definition) is 5. The average Bonchev–Trinajstić information content (AvgIpc) is 3.41. The summed E-state index contributed by atoms with van der Waals surface area (Å²) in [6.45, 7) is 2.62. The minimum Gasteiger partial charge on any atom is -0.459 e. The van der Waals surface area contributed by atoms with Crippen molar-refractivity contribution < 1.29 is 14.0 Å². The van der Waals surface area contributed by atoms with Crippen LogP contribution in [0.5, 0.6) is 0 Å². The van der Waals surface area contributed by atoms with Gasteiger partial charge in [0.05, 0.1) is 12.0 Å². The minimum absolute atomic E-state index is 0.205. The van der Waals surface area contributed by atoms with Gasteiger partial charge in [-0.15, -0.1) is 11.3 Å². The molecule has 1 aliphatic carbocycles. The molecule has 5 rings (SSSR count). The predicted molar refractivity (Wildman–Crippen MR) is 114 cm³/mol. The first-order valence-electron chi connectivity index (χ1n) is 10.3. The Morgan fingerprint density at radius 1 is 1.17 bits per heavy atom. The van der Waals surface area contributed by atoms with Crippen LogP contribution in [-0.2, 0) is 30.6 Å². The van der Waals surface area contributed by atoms with Gasteiger partial charge in [-0.1, -0.05) is 31.2 Å². The van der Waals surface area contributed by atoms with Crippen LogP contribution in [0.25, 0.3) is 0 Å². The highest BCUT2D eigenvalue weighted by molar-refractivity contribution is 7.15. The van der Waals surface area contributed by atoms with E-state index in [1.165, 1.54) is 11.1 Å². The monoisotopic (exact) mass is 421 g/mol. The summed E-state index contributed by atoms with van der Waals surface area (Å²) in [6.07, 6.45) is 5.05. The maximum atomic E-state index is 13.3. The van der Waals surface area contributed by atoms with Gasteiger partial charge in [-0.2, -0.15) is 0 Å². The Bertz CT molecular complexity index is 1090. The number of nitrogens with zero attached hydrogens (tertiary/aromatic N) is 2. The van der Waals surface area contributed by atoms with E-state index in [-0.39, 0.29) is 17.6 Å². The van der Waals surface area contributed by atoms with Gasteiger partial charge < -0.3 is 14.6 Å². The molecule has 2 aliphatic rings. The van der Waals surface area contributed by atoms with Crippen LogP contribution in [0, 0.1) is 5.92 Å². The summed E-state index contributed by atoms with van der Waals surface area (Å²) in [5, 5.41) is 3.62. The number of aromatic nitrogens is 1. The number of furan rings is 1. The molecule has 30 heavy (non-hydrogen) atoms. The molecule has 2 atom stereocenters. The molecule has 7 heteroatoms. The Balaban J connectivity index is 1.41. The van der Waals surface area contributed by atoms with E-state index in [2.05, 4.69) is 17.2 Å². The highest BCUT2D eigenvalue weighted by Crippen LogP contribution is 2.33. The molecule has 0 saturated heterocycles. The zero-order chi connectivity index (χ0) is 20.7. The molecule has 1 N–H and O–H groups in total. The Hall–Kier alpha value is -2.93. The quantitative estimate of drug-likeness (QED) is 0.692. The number of rotatable bonds is 3. The van der Waals surface area contributed by atoms with E-state index in [0.717, 1.165) is 36.1 Å². The Morgan fingerprint density at radius 3 is 2.80 bits per heavy atom. The molecule has 0 unspecified atom stereocenters. The number of anilines is 1. The molecule has 0 bridgehead atoms. The number of benzene rings is 1. The van der Waals surface area contributed by atoms with Gasteiger partial charge in [-0.25, -0.2) is 4.98 Å². The second kappa shape index (κ2) is 7.72. The Kier molecular flexibility index (Phi) is 4.90. The van der Waals surface area contributed by atoms with Crippen molar-refractivity contribution in [1.82, 2.24) is 9.88 Å². The molecular weight excluding hydrogens is 398 g/mol. The standard InChI is InChI=1S/C23H23N3O3S/c1-14-8-9-17-20(11-14)30-23(24-17)25-21(27)18-12-15-5-2-3-6-16(15)13-26(18)22(28)19-7-4-10-29-19/h2-7,10,14,18H,8-9,11-13H2,1H3,(H,24,25,27)/t14-,18+/m1/s1. The second-order valence-electron chi connectivity index (χ2n) is 8.13. The van der Waals surface area contributed by atoms with Crippen molar-refractivity contribution in [3.05, 3.63) is 70.1 Å². The van der Waals surface area contributed by atoms with Gasteiger partial charge in [-0.3, -0.25) is 9.59 Å². The summed E-state index contributed by atoms with van der Waals surface area (Å²) in [7, 11) is 0. The van der Waals surface area contributed by atoms with Crippen LogP contribution in [0.1, 0.15) is 45.6 Å². The van der Waals surface area contributed by atoms with Crippen LogP contribution in [0.15, 0.2) is 47.1 Å². The first kappa shape index (κ1) is 19.1. The number of carbonyl (C=O) groups is 2. The third-order valence-electron chi connectivity index (χ3n) is 5.96. The highest BCUT2D eigenvalue weighted by atomic mass is 32.1. The van der Waals surface area contributed by atoms with Crippen molar-refractivity contribution in [2.75, 3.05) is 5.32 Å². The van der Waals surface area contributed by atoms with E-state index >= 15 is 0 Å². The summed E-state index contributed by atoms with van der Waals surface area (Å²) >= 11 is 1.56. The first-order valence-corrected chi connectivity index (χ1v) is 11.1. The van der Waals surface area contributed by atoms with Crippen LogP contribution in [-0.4, -0.2) is 27.7 Å². The maximum Gasteiger partial charge on any atom is 0.290 e. The van der Waals surface area contributed by atoms with Crippen molar-refractivity contribution >= 4 is 28.3 Å². The van der Waals surface area contributed by atoms with Gasteiger partial charge in [0.2, 0.25) is 5.91 Å². The van der Waals surface area contributed by atoms with E-state index in [1.54, 1.807) is 28.4 Å². The topological polar surface area (TPSA) is 75.4 Å². The van der Waals surface area contributed by atoms with Crippen molar-refractivity contribution in [1.29, 1.82) is 0 Å². The highest BCUT2D eigenvalue weighted by Gasteiger charge is 2.36. The largest absolute Gasteiger partial charge is 0.459 e. The zero-order valence-electron chi connectivity index (χ0n) is 16.8. The number of thiazole rings is 1. The van der Waals surface area contributed by atoms with Gasteiger partial charge in [0.25, 0.3) is 5.91 Å². The Morgan fingerprint density at radius 2 is 2.00 bits per heavy atom. The molecule has 1 aromatic carbocycles. The van der Waals surface area contributed by atoms with E-state index in [9.17, 15) is 9.59 Å². The van der Waals surface area contributed by atoms with Gasteiger partial charge >= 0.3 is 0 Å². The summed E-state index contributed by atoms with van der Waals surface area (Å²) in [5.74, 6) is 0.411. The van der Waals surface area contributed by atoms with Gasteiger partial charge in [0.15, 0.2) is 10.9 Å². The van der Waals surface area contributed by atoms with Crippen LogP contribution < -0.4 is 5.32 Å². The van der Waals surface area contributed by atoms with Gasteiger partial charge in [0, 0.05) is 17.8 Å². The van der Waals surface area contributed by atoms with Crippen LogP contribution in [0.3, 0.4) is 0 Å². The molecule has 0 fully saturated rings. The normalized spacial score (nSPS) is 20.4. The van der Waals surface area contributed by atoms with Crippen LogP contribution in [0.2, 0.25) is 0 Å². The zero-order valence-corrected chi connectivity index (χ0v) is 17.6. The fraction of sp³-hybridized carbons (Fsp3) is 0.348. The molecule has 0 saturated carbocycles. The SMILES string of the molecule is C[C@@H]1CCc2nc(NC(=O)[C@@H]3Cc4ccccc4CN3C(=O)c3ccco3)sc2C1. The lowest BCUT2D eigenvalue weighted by Crippen LogP contribution is -2.50. The van der Waals surface area contributed by atoms with Crippen LogP contribution in [0.4, 0.5) is 5.13 Å². The number of amides is 2. The molecular formula is C23H23N3O3S. The molecule has 3 heterocycles. The lowest BCUT2D eigenvalue weighted by Gasteiger charge is -2.35. The average molecular weight is 422 g/mol. The number of fused-ring (bicyclic) bond motifs is 2.